The second-order valence-electron chi connectivity index (χ2n) is 2.74. The molecule has 0 fully saturated rings. The summed E-state index contributed by atoms with van der Waals surface area (Å²) in [6.45, 7) is 0. The lowest BCUT2D eigenvalue weighted by atomic mass is 10.2. The van der Waals surface area contributed by atoms with Crippen LogP contribution < -0.4 is 0 Å². The van der Waals surface area contributed by atoms with Gasteiger partial charge in [0.05, 0.1) is 18.1 Å². The predicted octanol–water partition coefficient (Wildman–Crippen LogP) is 2.17. The fraction of sp³-hybridized carbons (Fsp3) is 0. The summed E-state index contributed by atoms with van der Waals surface area (Å²) in [4.78, 5) is 12.3. The number of hydrogen-bond acceptors (Lipinski definition) is 4. The zero-order valence-electron chi connectivity index (χ0n) is 7.55. The fourth-order valence-corrected chi connectivity index (χ4v) is 1.29. The molecule has 2 aromatic rings. The first-order chi connectivity index (χ1) is 7.29. The third-order valence-electron chi connectivity index (χ3n) is 1.75. The van der Waals surface area contributed by atoms with Gasteiger partial charge in [0.1, 0.15) is 22.1 Å². The molecule has 15 heavy (non-hydrogen) atoms. The first-order valence-electron chi connectivity index (χ1n) is 4.14. The Morgan fingerprint density at radius 1 is 1.13 bits per heavy atom. The van der Waals surface area contributed by atoms with E-state index in [9.17, 15) is 0 Å². The summed E-state index contributed by atoms with van der Waals surface area (Å²) in [5, 5.41) is 8.70. The number of hydrogen-bond donors (Lipinski definition) is 0. The lowest BCUT2D eigenvalue weighted by molar-refractivity contribution is 1.14. The van der Waals surface area contributed by atoms with Crippen molar-refractivity contribution < 1.29 is 0 Å². The molecule has 0 radical (unpaired) electrons. The van der Waals surface area contributed by atoms with Crippen molar-refractivity contribution in [1.29, 1.82) is 5.26 Å². The molecule has 0 amide bonds. The summed E-state index contributed by atoms with van der Waals surface area (Å²) in [5.74, 6) is 0. The summed E-state index contributed by atoms with van der Waals surface area (Å²) in [6, 6.07) is 7.19. The molecule has 0 aliphatic carbocycles. The highest BCUT2D eigenvalue weighted by molar-refractivity contribution is 9.10. The van der Waals surface area contributed by atoms with Crippen LogP contribution in [0.5, 0.6) is 0 Å². The molecule has 0 bridgehead atoms. The van der Waals surface area contributed by atoms with Gasteiger partial charge in [-0.05, 0) is 28.1 Å². The second kappa shape index (κ2) is 4.15. The van der Waals surface area contributed by atoms with Crippen molar-refractivity contribution in [3.8, 4) is 17.5 Å². The van der Waals surface area contributed by atoms with Crippen molar-refractivity contribution in [3.05, 3.63) is 40.9 Å². The summed E-state index contributed by atoms with van der Waals surface area (Å²) in [6.07, 6.45) is 3.20. The Bertz CT molecular complexity index is 516. The monoisotopic (exact) mass is 260 g/mol. The second-order valence-corrected chi connectivity index (χ2v) is 3.56. The lowest BCUT2D eigenvalue weighted by Crippen LogP contribution is -1.90. The molecule has 0 aliphatic heterocycles. The van der Waals surface area contributed by atoms with Crippen LogP contribution in [0.4, 0.5) is 0 Å². The molecule has 72 valence electrons. The number of halogens is 1. The Morgan fingerprint density at radius 2 is 2.00 bits per heavy atom. The van der Waals surface area contributed by atoms with E-state index in [1.807, 2.05) is 6.07 Å². The highest BCUT2D eigenvalue weighted by atomic mass is 79.9. The van der Waals surface area contributed by atoms with Crippen LogP contribution in [-0.2, 0) is 0 Å². The Kier molecular flexibility index (Phi) is 2.70. The molecule has 4 nitrogen and oxygen atoms in total. The molecule has 0 saturated carbocycles. The smallest absolute Gasteiger partial charge is 0.141 e. The maximum absolute atomic E-state index is 8.70. The zero-order valence-corrected chi connectivity index (χ0v) is 9.14. The molecule has 0 aliphatic rings. The largest absolute Gasteiger partial charge is 0.250 e. The van der Waals surface area contributed by atoms with Crippen molar-refractivity contribution in [1.82, 2.24) is 15.0 Å². The van der Waals surface area contributed by atoms with Gasteiger partial charge in [-0.25, -0.2) is 9.97 Å². The highest BCUT2D eigenvalue weighted by Gasteiger charge is 2.02. The van der Waals surface area contributed by atoms with Crippen molar-refractivity contribution in [2.75, 3.05) is 0 Å². The van der Waals surface area contributed by atoms with E-state index in [-0.39, 0.29) is 0 Å². The van der Waals surface area contributed by atoms with Gasteiger partial charge < -0.3 is 0 Å². The van der Waals surface area contributed by atoms with Gasteiger partial charge in [-0.1, -0.05) is 6.07 Å². The summed E-state index contributed by atoms with van der Waals surface area (Å²) in [7, 11) is 0. The highest BCUT2D eigenvalue weighted by Crippen LogP contribution is 2.14. The molecule has 2 aromatic heterocycles. The molecule has 0 atom stereocenters. The van der Waals surface area contributed by atoms with Crippen LogP contribution in [0.25, 0.3) is 11.4 Å². The third kappa shape index (κ3) is 2.17. The zero-order chi connectivity index (χ0) is 10.7. The van der Waals surface area contributed by atoms with Gasteiger partial charge in [0, 0.05) is 0 Å². The van der Waals surface area contributed by atoms with Gasteiger partial charge in [-0.15, -0.1) is 0 Å². The normalized spacial score (nSPS) is 9.60. The van der Waals surface area contributed by atoms with Crippen molar-refractivity contribution in [2.45, 2.75) is 0 Å². The van der Waals surface area contributed by atoms with E-state index in [0.717, 1.165) is 0 Å². The summed E-state index contributed by atoms with van der Waals surface area (Å²) >= 11 is 3.20. The molecule has 2 heterocycles. The quantitative estimate of drug-likeness (QED) is 0.789. The van der Waals surface area contributed by atoms with Gasteiger partial charge in [0.2, 0.25) is 0 Å². The van der Waals surface area contributed by atoms with E-state index in [4.69, 9.17) is 5.26 Å². The molecule has 5 heteroatoms. The van der Waals surface area contributed by atoms with E-state index in [2.05, 4.69) is 30.9 Å². The van der Waals surface area contributed by atoms with E-state index in [1.165, 1.54) is 0 Å². The minimum Gasteiger partial charge on any atom is -0.250 e. The average Bonchev–Trinajstić information content (AvgIpc) is 2.30. The Hall–Kier alpha value is -1.80. The summed E-state index contributed by atoms with van der Waals surface area (Å²) < 4.78 is 0.669. The van der Waals surface area contributed by atoms with Gasteiger partial charge in [0.25, 0.3) is 0 Å². The molecule has 0 unspecified atom stereocenters. The van der Waals surface area contributed by atoms with Crippen LogP contribution in [0.2, 0.25) is 0 Å². The topological polar surface area (TPSA) is 62.5 Å². The molecule has 0 N–H and O–H groups in total. The van der Waals surface area contributed by atoms with Crippen molar-refractivity contribution >= 4 is 15.9 Å². The Morgan fingerprint density at radius 3 is 2.67 bits per heavy atom. The van der Waals surface area contributed by atoms with Gasteiger partial charge in [-0.3, -0.25) is 4.98 Å². The standard InChI is InChI=1S/C10H5BrN4/c11-10-6-13-9(5-14-10)8-3-1-2-7(4-12)15-8/h1-3,5-6H. The Labute approximate surface area is 94.8 Å². The maximum Gasteiger partial charge on any atom is 0.141 e. The molecule has 0 spiro atoms. The number of pyridine rings is 1. The van der Waals surface area contributed by atoms with E-state index in [1.54, 1.807) is 30.6 Å². The number of rotatable bonds is 1. The molecular formula is C10H5BrN4. The van der Waals surface area contributed by atoms with Gasteiger partial charge in [-0.2, -0.15) is 5.26 Å². The third-order valence-corrected chi connectivity index (χ3v) is 2.16. The fourth-order valence-electron chi connectivity index (χ4n) is 1.08. The van der Waals surface area contributed by atoms with Gasteiger partial charge in [0.15, 0.2) is 0 Å². The van der Waals surface area contributed by atoms with Crippen LogP contribution in [0, 0.1) is 11.3 Å². The SMILES string of the molecule is N#Cc1cccc(-c2cnc(Br)cn2)n1. The van der Waals surface area contributed by atoms with E-state index >= 15 is 0 Å². The minimum absolute atomic E-state index is 0.372. The van der Waals surface area contributed by atoms with Crippen LogP contribution in [-0.4, -0.2) is 15.0 Å². The molecule has 0 aromatic carbocycles. The molecular weight excluding hydrogens is 256 g/mol. The van der Waals surface area contributed by atoms with E-state index < -0.39 is 0 Å². The van der Waals surface area contributed by atoms with Crippen molar-refractivity contribution in [2.24, 2.45) is 0 Å². The minimum atomic E-state index is 0.372. The van der Waals surface area contributed by atoms with Crippen molar-refractivity contribution in [3.63, 3.8) is 0 Å². The number of nitrogens with zero attached hydrogens (tertiary/aromatic N) is 4. The Balaban J connectivity index is 2.46. The predicted molar refractivity (Wildman–Crippen MR) is 57.7 cm³/mol. The molecule has 2 rings (SSSR count). The molecule has 0 saturated heterocycles. The van der Waals surface area contributed by atoms with Crippen LogP contribution >= 0.6 is 15.9 Å². The van der Waals surface area contributed by atoms with Crippen LogP contribution in [0.15, 0.2) is 35.2 Å². The first-order valence-corrected chi connectivity index (χ1v) is 4.94. The number of nitriles is 1. The van der Waals surface area contributed by atoms with E-state index in [0.29, 0.717) is 21.7 Å². The van der Waals surface area contributed by atoms with Crippen LogP contribution in [0.3, 0.4) is 0 Å². The number of aromatic nitrogens is 3. The average molecular weight is 261 g/mol. The summed E-state index contributed by atoms with van der Waals surface area (Å²) in [5.41, 5.74) is 1.67. The maximum atomic E-state index is 8.70. The lowest BCUT2D eigenvalue weighted by Gasteiger charge is -1.98. The first kappa shape index (κ1) is 9.74. The van der Waals surface area contributed by atoms with Crippen LogP contribution in [0.1, 0.15) is 5.69 Å². The van der Waals surface area contributed by atoms with Gasteiger partial charge >= 0.3 is 0 Å².